The van der Waals surface area contributed by atoms with Crippen molar-refractivity contribution in [2.24, 2.45) is 0 Å². The van der Waals surface area contributed by atoms with Gasteiger partial charge in [0.1, 0.15) is 0 Å². The average molecular weight is 508 g/mol. The van der Waals surface area contributed by atoms with Crippen molar-refractivity contribution in [1.82, 2.24) is 15.0 Å². The van der Waals surface area contributed by atoms with Crippen LogP contribution < -0.4 is 0 Å². The summed E-state index contributed by atoms with van der Waals surface area (Å²) >= 11 is 6.39. The Kier molecular flexibility index (Phi) is 5.38. The normalized spacial score (nSPS) is 13.1. The van der Waals surface area contributed by atoms with Crippen molar-refractivity contribution < 1.29 is 0 Å². The van der Waals surface area contributed by atoms with Crippen LogP contribution in [0.3, 0.4) is 0 Å². The third-order valence-electron chi connectivity index (χ3n) is 7.36. The quantitative estimate of drug-likeness (QED) is 0.241. The first-order valence-electron chi connectivity index (χ1n) is 12.6. The Labute approximate surface area is 226 Å². The molecule has 0 unspecified atom stereocenters. The van der Waals surface area contributed by atoms with Gasteiger partial charge in [0.15, 0.2) is 11.6 Å². The van der Waals surface area contributed by atoms with Crippen LogP contribution in [0.5, 0.6) is 0 Å². The lowest BCUT2D eigenvalue weighted by atomic mass is 9.67. The van der Waals surface area contributed by atoms with Crippen LogP contribution in [0.15, 0.2) is 133 Å². The van der Waals surface area contributed by atoms with Gasteiger partial charge in [0, 0.05) is 11.1 Å². The third kappa shape index (κ3) is 3.47. The summed E-state index contributed by atoms with van der Waals surface area (Å²) in [5.74, 6) is 1.12. The maximum Gasteiger partial charge on any atom is 0.226 e. The van der Waals surface area contributed by atoms with Gasteiger partial charge in [0.2, 0.25) is 5.28 Å². The Bertz CT molecular complexity index is 1730. The van der Waals surface area contributed by atoms with Crippen LogP contribution in [0.4, 0.5) is 0 Å². The second kappa shape index (κ2) is 9.05. The standard InChI is InChI=1S/C34H22ClN3/c35-33-37-31(23-12-4-1-5-13-23)36-32(38-33)24-20-21-30-28(22-24)27-18-10-11-19-29(27)34(30,25-14-6-2-7-15-25)26-16-8-3-9-17-26/h1-22H. The molecule has 6 aromatic rings. The SMILES string of the molecule is Clc1nc(-c2ccccc2)nc(-c2ccc3c(c2)-c2ccccc2C3(c2ccccc2)c2ccccc2)n1. The molecule has 0 saturated carbocycles. The molecule has 0 bridgehead atoms. The maximum absolute atomic E-state index is 6.39. The summed E-state index contributed by atoms with van der Waals surface area (Å²) in [5, 5.41) is 0.178. The molecule has 0 aliphatic heterocycles. The second-order valence-electron chi connectivity index (χ2n) is 9.41. The zero-order valence-corrected chi connectivity index (χ0v) is 21.2. The van der Waals surface area contributed by atoms with E-state index in [1.54, 1.807) is 0 Å². The summed E-state index contributed by atoms with van der Waals surface area (Å²) in [7, 11) is 0. The van der Waals surface area contributed by atoms with E-state index >= 15 is 0 Å². The monoisotopic (exact) mass is 507 g/mol. The summed E-state index contributed by atoms with van der Waals surface area (Å²) in [5.41, 5.74) is 8.72. The Morgan fingerprint density at radius 1 is 0.447 bits per heavy atom. The molecular weight excluding hydrogens is 486 g/mol. The molecule has 0 N–H and O–H groups in total. The number of aromatic nitrogens is 3. The molecule has 0 atom stereocenters. The van der Waals surface area contributed by atoms with E-state index in [2.05, 4.69) is 113 Å². The van der Waals surface area contributed by atoms with Crippen LogP contribution in [0.1, 0.15) is 22.3 Å². The molecule has 0 saturated heterocycles. The highest BCUT2D eigenvalue weighted by Gasteiger charge is 2.45. The van der Waals surface area contributed by atoms with Crippen LogP contribution in [-0.2, 0) is 5.41 Å². The Morgan fingerprint density at radius 2 is 0.974 bits per heavy atom. The molecule has 1 heterocycles. The Hall–Kier alpha value is -4.60. The smallest absolute Gasteiger partial charge is 0.208 e. The summed E-state index contributed by atoms with van der Waals surface area (Å²) in [6, 6.07) is 46.6. The molecule has 5 aromatic carbocycles. The number of halogens is 1. The van der Waals surface area contributed by atoms with E-state index in [-0.39, 0.29) is 5.28 Å². The third-order valence-corrected chi connectivity index (χ3v) is 7.53. The van der Waals surface area contributed by atoms with E-state index in [4.69, 9.17) is 16.6 Å². The Balaban J connectivity index is 1.48. The first-order valence-corrected chi connectivity index (χ1v) is 13.0. The van der Waals surface area contributed by atoms with E-state index in [0.717, 1.165) is 11.1 Å². The molecule has 1 aliphatic carbocycles. The predicted octanol–water partition coefficient (Wildman–Crippen LogP) is 8.22. The molecule has 38 heavy (non-hydrogen) atoms. The number of rotatable bonds is 4. The molecular formula is C34H22ClN3. The van der Waals surface area contributed by atoms with E-state index in [1.807, 2.05) is 30.3 Å². The van der Waals surface area contributed by atoms with Crippen molar-refractivity contribution in [3.05, 3.63) is 161 Å². The summed E-state index contributed by atoms with van der Waals surface area (Å²) < 4.78 is 0. The van der Waals surface area contributed by atoms with Gasteiger partial charge in [0.25, 0.3) is 0 Å². The molecule has 0 fully saturated rings. The van der Waals surface area contributed by atoms with Crippen molar-refractivity contribution in [1.29, 1.82) is 0 Å². The summed E-state index contributed by atoms with van der Waals surface area (Å²) in [4.78, 5) is 13.7. The lowest BCUT2D eigenvalue weighted by Gasteiger charge is -2.33. The van der Waals surface area contributed by atoms with Crippen LogP contribution in [-0.4, -0.2) is 15.0 Å². The molecule has 0 spiro atoms. The number of nitrogens with zero attached hydrogens (tertiary/aromatic N) is 3. The molecule has 3 nitrogen and oxygen atoms in total. The molecule has 180 valence electrons. The van der Waals surface area contributed by atoms with Gasteiger partial charge in [-0.1, -0.05) is 127 Å². The van der Waals surface area contributed by atoms with Crippen LogP contribution in [0, 0.1) is 0 Å². The topological polar surface area (TPSA) is 38.7 Å². The largest absolute Gasteiger partial charge is 0.226 e. The lowest BCUT2D eigenvalue weighted by Crippen LogP contribution is -2.28. The first kappa shape index (κ1) is 22.6. The van der Waals surface area contributed by atoms with Crippen molar-refractivity contribution in [2.75, 3.05) is 0 Å². The minimum absolute atomic E-state index is 0.178. The number of fused-ring (bicyclic) bond motifs is 3. The van der Waals surface area contributed by atoms with Crippen molar-refractivity contribution in [3.63, 3.8) is 0 Å². The number of hydrogen-bond donors (Lipinski definition) is 0. The fourth-order valence-corrected chi connectivity index (χ4v) is 5.94. The van der Waals surface area contributed by atoms with Gasteiger partial charge >= 0.3 is 0 Å². The lowest BCUT2D eigenvalue weighted by molar-refractivity contribution is 0.768. The zero-order valence-electron chi connectivity index (χ0n) is 20.4. The molecule has 1 aromatic heterocycles. The van der Waals surface area contributed by atoms with Crippen molar-refractivity contribution >= 4 is 11.6 Å². The number of benzene rings is 5. The molecule has 4 heteroatoms. The van der Waals surface area contributed by atoms with Gasteiger partial charge in [-0.05, 0) is 51.0 Å². The van der Waals surface area contributed by atoms with E-state index < -0.39 is 5.41 Å². The molecule has 7 rings (SSSR count). The van der Waals surface area contributed by atoms with Crippen LogP contribution >= 0.6 is 11.6 Å². The predicted molar refractivity (Wildman–Crippen MR) is 153 cm³/mol. The fraction of sp³-hybridized carbons (Fsp3) is 0.0294. The highest BCUT2D eigenvalue weighted by Crippen LogP contribution is 2.56. The minimum atomic E-state index is -0.432. The van der Waals surface area contributed by atoms with Gasteiger partial charge in [-0.3, -0.25) is 0 Å². The van der Waals surface area contributed by atoms with Crippen molar-refractivity contribution in [3.8, 4) is 33.9 Å². The zero-order chi connectivity index (χ0) is 25.5. The molecule has 0 radical (unpaired) electrons. The summed E-state index contributed by atoms with van der Waals surface area (Å²) in [6.45, 7) is 0. The van der Waals surface area contributed by atoms with Gasteiger partial charge in [-0.25, -0.2) is 4.98 Å². The maximum atomic E-state index is 6.39. The Morgan fingerprint density at radius 3 is 1.63 bits per heavy atom. The molecule has 0 amide bonds. The number of hydrogen-bond acceptors (Lipinski definition) is 3. The highest BCUT2D eigenvalue weighted by atomic mass is 35.5. The first-order chi connectivity index (χ1) is 18.7. The van der Waals surface area contributed by atoms with E-state index in [1.165, 1.54) is 33.4 Å². The fourth-order valence-electron chi connectivity index (χ4n) is 5.78. The van der Waals surface area contributed by atoms with Gasteiger partial charge in [0.05, 0.1) is 5.41 Å². The molecule has 1 aliphatic rings. The van der Waals surface area contributed by atoms with E-state index in [0.29, 0.717) is 11.6 Å². The van der Waals surface area contributed by atoms with Crippen LogP contribution in [0.2, 0.25) is 5.28 Å². The van der Waals surface area contributed by atoms with Gasteiger partial charge in [-0.15, -0.1) is 0 Å². The average Bonchev–Trinajstić information content (AvgIpc) is 3.29. The minimum Gasteiger partial charge on any atom is -0.208 e. The van der Waals surface area contributed by atoms with E-state index in [9.17, 15) is 0 Å². The summed E-state index contributed by atoms with van der Waals surface area (Å²) in [6.07, 6.45) is 0. The van der Waals surface area contributed by atoms with Crippen molar-refractivity contribution in [2.45, 2.75) is 5.41 Å². The highest BCUT2D eigenvalue weighted by molar-refractivity contribution is 6.28. The second-order valence-corrected chi connectivity index (χ2v) is 9.74. The van der Waals surface area contributed by atoms with Crippen LogP contribution in [0.25, 0.3) is 33.9 Å². The van der Waals surface area contributed by atoms with Gasteiger partial charge in [-0.2, -0.15) is 9.97 Å². The van der Waals surface area contributed by atoms with Gasteiger partial charge < -0.3 is 0 Å².